The monoisotopic (exact) mass is 505 g/mol. The predicted octanol–water partition coefficient (Wildman–Crippen LogP) is 5.62. The minimum atomic E-state index is -0.526. The van der Waals surface area contributed by atoms with Gasteiger partial charge in [-0.2, -0.15) is 0 Å². The van der Waals surface area contributed by atoms with Crippen LogP contribution in [-0.2, 0) is 15.6 Å². The van der Waals surface area contributed by atoms with E-state index < -0.39 is 5.91 Å². The van der Waals surface area contributed by atoms with Crippen molar-refractivity contribution in [3.05, 3.63) is 69.5 Å². The molecule has 0 unspecified atom stereocenters. The number of pyridine rings is 1. The number of carbonyl (C=O) groups is 2. The summed E-state index contributed by atoms with van der Waals surface area (Å²) in [6.07, 6.45) is 1.44. The van der Waals surface area contributed by atoms with E-state index in [9.17, 15) is 14.4 Å². The molecule has 7 nitrogen and oxygen atoms in total. The summed E-state index contributed by atoms with van der Waals surface area (Å²) in [7, 11) is 0. The Morgan fingerprint density at radius 2 is 1.57 bits per heavy atom. The molecule has 0 spiro atoms. The Kier molecular flexibility index (Phi) is 8.28. The Morgan fingerprint density at radius 1 is 0.946 bits per heavy atom. The fraction of sp³-hybridized carbons (Fsp3) is 0.433. The zero-order valence-electron chi connectivity index (χ0n) is 23.2. The molecule has 0 fully saturated rings. The third-order valence-corrected chi connectivity index (χ3v) is 6.49. The molecule has 37 heavy (non-hydrogen) atoms. The highest BCUT2D eigenvalue weighted by Crippen LogP contribution is 2.40. The number of H-pyrrole nitrogens is 1. The van der Waals surface area contributed by atoms with Crippen molar-refractivity contribution in [1.82, 2.24) is 9.88 Å². The molecule has 0 saturated heterocycles. The van der Waals surface area contributed by atoms with Crippen LogP contribution in [0.25, 0.3) is 10.9 Å². The van der Waals surface area contributed by atoms with Crippen LogP contribution in [0, 0.1) is 0 Å². The van der Waals surface area contributed by atoms with Crippen LogP contribution in [-0.4, -0.2) is 41.4 Å². The number of likely N-dealkylation sites (N-methyl/N-ethyl adjacent to an activating group) is 1. The molecule has 7 heteroatoms. The molecule has 2 aromatic carbocycles. The average Bonchev–Trinajstić information content (AvgIpc) is 2.81. The number of aromatic nitrogens is 1. The first-order valence-electron chi connectivity index (χ1n) is 12.8. The van der Waals surface area contributed by atoms with Crippen molar-refractivity contribution in [2.75, 3.05) is 25.0 Å². The lowest BCUT2D eigenvalue weighted by molar-refractivity contribution is -0.135. The molecule has 0 aliphatic carbocycles. The van der Waals surface area contributed by atoms with Crippen molar-refractivity contribution in [3.63, 3.8) is 0 Å². The van der Waals surface area contributed by atoms with Crippen molar-refractivity contribution < 1.29 is 14.3 Å². The van der Waals surface area contributed by atoms with Crippen LogP contribution < -0.4 is 15.5 Å². The van der Waals surface area contributed by atoms with Gasteiger partial charge in [0.15, 0.2) is 0 Å². The van der Waals surface area contributed by atoms with Crippen molar-refractivity contribution >= 4 is 28.5 Å². The maximum absolute atomic E-state index is 13.4. The Balaban J connectivity index is 2.08. The predicted molar refractivity (Wildman–Crippen MR) is 150 cm³/mol. The van der Waals surface area contributed by atoms with E-state index in [0.29, 0.717) is 22.3 Å². The molecule has 1 amide bonds. The second-order valence-electron chi connectivity index (χ2n) is 11.4. The van der Waals surface area contributed by atoms with Crippen LogP contribution in [0.3, 0.4) is 0 Å². The summed E-state index contributed by atoms with van der Waals surface area (Å²) in [6.45, 7) is 18.0. The van der Waals surface area contributed by atoms with E-state index >= 15 is 0 Å². The highest BCUT2D eigenvalue weighted by molar-refractivity contribution is 6.06. The van der Waals surface area contributed by atoms with Gasteiger partial charge in [-0.1, -0.05) is 67.5 Å². The van der Waals surface area contributed by atoms with Crippen LogP contribution in [0.15, 0.2) is 47.4 Å². The second-order valence-corrected chi connectivity index (χ2v) is 11.4. The lowest BCUT2D eigenvalue weighted by Crippen LogP contribution is -2.32. The fourth-order valence-corrected chi connectivity index (χ4v) is 4.28. The Morgan fingerprint density at radius 3 is 2.16 bits per heavy atom. The van der Waals surface area contributed by atoms with E-state index in [1.54, 1.807) is 24.3 Å². The van der Waals surface area contributed by atoms with Crippen molar-refractivity contribution in [2.24, 2.45) is 0 Å². The van der Waals surface area contributed by atoms with Gasteiger partial charge in [0.05, 0.1) is 6.54 Å². The zero-order valence-corrected chi connectivity index (χ0v) is 23.2. The van der Waals surface area contributed by atoms with Gasteiger partial charge in [-0.3, -0.25) is 19.3 Å². The van der Waals surface area contributed by atoms with Gasteiger partial charge in [0.1, 0.15) is 11.3 Å². The van der Waals surface area contributed by atoms with Gasteiger partial charge in [0, 0.05) is 34.4 Å². The van der Waals surface area contributed by atoms with Crippen LogP contribution >= 0.6 is 0 Å². The number of hydrogen-bond acceptors (Lipinski definition) is 5. The summed E-state index contributed by atoms with van der Waals surface area (Å²) in [5.74, 6) is -0.484. The van der Waals surface area contributed by atoms with E-state index in [2.05, 4.69) is 51.8 Å². The molecule has 2 N–H and O–H groups in total. The number of rotatable bonds is 7. The van der Waals surface area contributed by atoms with Gasteiger partial charge >= 0.3 is 5.97 Å². The summed E-state index contributed by atoms with van der Waals surface area (Å²) in [4.78, 5) is 44.2. The van der Waals surface area contributed by atoms with Gasteiger partial charge < -0.3 is 15.0 Å². The van der Waals surface area contributed by atoms with Crippen LogP contribution in [0.5, 0.6) is 5.75 Å². The van der Waals surface area contributed by atoms with Crippen LogP contribution in [0.2, 0.25) is 0 Å². The number of nitrogens with one attached hydrogen (secondary N) is 2. The van der Waals surface area contributed by atoms with E-state index in [-0.39, 0.29) is 34.3 Å². The van der Waals surface area contributed by atoms with Crippen LogP contribution in [0.1, 0.15) is 76.9 Å². The number of amides is 1. The summed E-state index contributed by atoms with van der Waals surface area (Å²) in [5.41, 5.74) is 1.93. The van der Waals surface area contributed by atoms with Crippen molar-refractivity contribution in [1.29, 1.82) is 0 Å². The highest BCUT2D eigenvalue weighted by Gasteiger charge is 2.28. The topological polar surface area (TPSA) is 91.5 Å². The number of ether oxygens (including phenoxy) is 1. The molecular weight excluding hydrogens is 466 g/mol. The van der Waals surface area contributed by atoms with Gasteiger partial charge in [0.2, 0.25) is 5.43 Å². The number of anilines is 1. The first-order valence-corrected chi connectivity index (χ1v) is 12.8. The number of fused-ring (bicyclic) bond motifs is 1. The highest BCUT2D eigenvalue weighted by atomic mass is 16.5. The largest absolute Gasteiger partial charge is 0.425 e. The maximum Gasteiger partial charge on any atom is 0.325 e. The smallest absolute Gasteiger partial charge is 0.325 e. The first-order chi connectivity index (χ1) is 17.3. The van der Waals surface area contributed by atoms with E-state index in [1.165, 1.54) is 6.20 Å². The summed E-state index contributed by atoms with van der Waals surface area (Å²) in [6, 6.07) is 10.8. The Labute approximate surface area is 219 Å². The Hall–Kier alpha value is -3.45. The fourth-order valence-electron chi connectivity index (χ4n) is 4.28. The molecule has 0 bridgehead atoms. The number of carbonyl (C=O) groups excluding carboxylic acids is 2. The van der Waals surface area contributed by atoms with Gasteiger partial charge in [0.25, 0.3) is 5.91 Å². The molecule has 1 aromatic heterocycles. The lowest BCUT2D eigenvalue weighted by Gasteiger charge is -2.29. The van der Waals surface area contributed by atoms with Gasteiger partial charge in [-0.15, -0.1) is 0 Å². The number of para-hydroxylation sites is 1. The SMILES string of the molecule is CCN(CC)CC(=O)Oc1cc(NC(=O)c2c[nH]c3ccccc3c2=O)c(C(C)(C)C)cc1C(C)(C)C. The molecular formula is C30H39N3O4. The molecule has 3 rings (SSSR count). The van der Waals surface area contributed by atoms with Crippen molar-refractivity contribution in [2.45, 2.75) is 66.2 Å². The zero-order chi connectivity index (χ0) is 27.5. The minimum Gasteiger partial charge on any atom is -0.425 e. The summed E-state index contributed by atoms with van der Waals surface area (Å²) >= 11 is 0. The van der Waals surface area contributed by atoms with Gasteiger partial charge in [-0.25, -0.2) is 0 Å². The lowest BCUT2D eigenvalue weighted by atomic mass is 9.79. The van der Waals surface area contributed by atoms with Crippen LogP contribution in [0.4, 0.5) is 5.69 Å². The molecule has 3 aromatic rings. The Bertz CT molecular complexity index is 1360. The molecule has 198 valence electrons. The summed E-state index contributed by atoms with van der Waals surface area (Å²) < 4.78 is 5.88. The average molecular weight is 506 g/mol. The van der Waals surface area contributed by atoms with E-state index in [4.69, 9.17) is 4.74 Å². The summed E-state index contributed by atoms with van der Waals surface area (Å²) in [5, 5.41) is 3.38. The number of aromatic amines is 1. The third-order valence-electron chi connectivity index (χ3n) is 6.49. The first kappa shape index (κ1) is 28.1. The molecule has 0 aliphatic heterocycles. The quantitative estimate of drug-likeness (QED) is 0.321. The van der Waals surface area contributed by atoms with Gasteiger partial charge in [-0.05, 0) is 47.7 Å². The normalized spacial score (nSPS) is 12.1. The standard InChI is InChI=1S/C30H39N3O4/c1-9-33(10-2)18-26(34)37-25-16-24(21(29(3,4)5)15-22(25)30(6,7)8)32-28(36)20-17-31-23-14-12-11-13-19(23)27(20)35/h11-17H,9-10,18H2,1-8H3,(H,31,35)(H,32,36). The van der Waals surface area contributed by atoms with E-state index in [0.717, 1.165) is 24.2 Å². The third kappa shape index (κ3) is 6.46. The number of hydrogen-bond donors (Lipinski definition) is 2. The maximum atomic E-state index is 13.4. The molecule has 0 atom stereocenters. The minimum absolute atomic E-state index is 0.0125. The van der Waals surface area contributed by atoms with Crippen molar-refractivity contribution in [3.8, 4) is 5.75 Å². The molecule has 0 radical (unpaired) electrons. The number of benzene rings is 2. The second kappa shape index (κ2) is 10.9. The number of esters is 1. The number of nitrogens with zero attached hydrogens (tertiary/aromatic N) is 1. The van der Waals surface area contributed by atoms with E-state index in [1.807, 2.05) is 30.9 Å². The molecule has 1 heterocycles. The molecule has 0 aliphatic rings. The molecule has 0 saturated carbocycles.